The van der Waals surface area contributed by atoms with E-state index in [-0.39, 0.29) is 35.3 Å². The Morgan fingerprint density at radius 2 is 2.04 bits per heavy atom. The maximum Gasteiger partial charge on any atom is 0.293 e. The minimum absolute atomic E-state index is 0. The highest BCUT2D eigenvalue weighted by molar-refractivity contribution is 6.01. The molecule has 7 nitrogen and oxygen atoms in total. The van der Waals surface area contributed by atoms with Crippen LogP contribution in [0.5, 0.6) is 0 Å². The van der Waals surface area contributed by atoms with E-state index >= 15 is 0 Å². The molecule has 3 N–H and O–H groups in total. The summed E-state index contributed by atoms with van der Waals surface area (Å²) in [6.07, 6.45) is 3.03. The number of rotatable bonds is 5. The number of hydrogen-bond acceptors (Lipinski definition) is 5. The van der Waals surface area contributed by atoms with Gasteiger partial charge in [-0.05, 0) is 57.3 Å². The molecule has 0 saturated carbocycles. The second-order valence-corrected chi connectivity index (χ2v) is 6.13. The maximum atomic E-state index is 12.7. The van der Waals surface area contributed by atoms with Crippen molar-refractivity contribution in [1.82, 2.24) is 10.2 Å². The predicted octanol–water partition coefficient (Wildman–Crippen LogP) is 2.37. The maximum absolute atomic E-state index is 12.7. The number of nitrogens with two attached hydrogens (primary N) is 1. The van der Waals surface area contributed by atoms with Crippen molar-refractivity contribution < 1.29 is 9.72 Å². The Balaban J connectivity index is 0.00000288. The highest BCUT2D eigenvalue weighted by Crippen LogP contribution is 2.29. The molecule has 0 aromatic heterocycles. The van der Waals surface area contributed by atoms with E-state index in [1.54, 1.807) is 17.9 Å². The number of nitro benzene ring substituents is 1. The number of nitrogens with one attached hydrogen (secondary N) is 1. The minimum atomic E-state index is -0.539. The number of amides is 1. The predicted molar refractivity (Wildman–Crippen MR) is 96.7 cm³/mol. The molecule has 1 aliphatic heterocycles. The monoisotopic (exact) mass is 356 g/mol. The van der Waals surface area contributed by atoms with Crippen molar-refractivity contribution in [3.8, 4) is 0 Å². The van der Waals surface area contributed by atoms with Crippen molar-refractivity contribution in [3.05, 3.63) is 33.4 Å². The standard InChI is InChI=1S/C16H24N4O3.ClH/c1-11-9-13(15(17)14(10-11)20(22)23)16(21)19-7-4-12(5-8-19)3-6-18-2;/h9-10,12,18H,3-8,17H2,1-2H3;1H. The molecule has 1 aliphatic rings. The fraction of sp³-hybridized carbons (Fsp3) is 0.562. The number of nitrogens with zero attached hydrogens (tertiary/aromatic N) is 2. The van der Waals surface area contributed by atoms with Crippen LogP contribution in [0.1, 0.15) is 35.2 Å². The van der Waals surface area contributed by atoms with Gasteiger partial charge in [-0.2, -0.15) is 0 Å². The first kappa shape index (κ1) is 20.2. The highest BCUT2D eigenvalue weighted by Gasteiger charge is 2.27. The largest absolute Gasteiger partial charge is 0.393 e. The van der Waals surface area contributed by atoms with Crippen LogP contribution in [0.25, 0.3) is 0 Å². The zero-order chi connectivity index (χ0) is 17.0. The van der Waals surface area contributed by atoms with Crippen molar-refractivity contribution in [2.24, 2.45) is 5.92 Å². The van der Waals surface area contributed by atoms with Gasteiger partial charge in [0.15, 0.2) is 0 Å². The topological polar surface area (TPSA) is 102 Å². The van der Waals surface area contributed by atoms with Crippen LogP contribution in [0.4, 0.5) is 11.4 Å². The van der Waals surface area contributed by atoms with Gasteiger partial charge in [0.05, 0.1) is 10.5 Å². The summed E-state index contributed by atoms with van der Waals surface area (Å²) in [5.41, 5.74) is 6.53. The molecule has 0 spiro atoms. The van der Waals surface area contributed by atoms with Crippen LogP contribution >= 0.6 is 12.4 Å². The molecule has 1 aromatic carbocycles. The summed E-state index contributed by atoms with van der Waals surface area (Å²) in [5, 5.41) is 14.2. The molecule has 0 unspecified atom stereocenters. The van der Waals surface area contributed by atoms with Crippen molar-refractivity contribution in [2.45, 2.75) is 26.2 Å². The summed E-state index contributed by atoms with van der Waals surface area (Å²) in [6, 6.07) is 3.04. The SMILES string of the molecule is CNCCC1CCN(C(=O)c2cc(C)cc([N+](=O)[O-])c2N)CC1.Cl. The number of aryl methyl sites for hydroxylation is 1. The zero-order valence-electron chi connectivity index (χ0n) is 14.1. The van der Waals surface area contributed by atoms with E-state index in [1.807, 2.05) is 7.05 Å². The molecular formula is C16H25ClN4O3. The van der Waals surface area contributed by atoms with Crippen LogP contribution in [0.3, 0.4) is 0 Å². The summed E-state index contributed by atoms with van der Waals surface area (Å²) >= 11 is 0. The Morgan fingerprint density at radius 3 is 2.58 bits per heavy atom. The number of hydrogen-bond donors (Lipinski definition) is 2. The molecular weight excluding hydrogens is 332 g/mol. The smallest absolute Gasteiger partial charge is 0.293 e. The second-order valence-electron chi connectivity index (χ2n) is 6.13. The van der Waals surface area contributed by atoms with Crippen LogP contribution < -0.4 is 11.1 Å². The molecule has 0 radical (unpaired) electrons. The minimum Gasteiger partial charge on any atom is -0.393 e. The van der Waals surface area contributed by atoms with Gasteiger partial charge in [0.25, 0.3) is 11.6 Å². The number of benzene rings is 1. The molecule has 1 aromatic rings. The molecule has 0 bridgehead atoms. The molecule has 1 heterocycles. The number of carbonyl (C=O) groups is 1. The average Bonchev–Trinajstić information content (AvgIpc) is 2.54. The normalized spacial score (nSPS) is 15.0. The first-order chi connectivity index (χ1) is 10.9. The number of piperidine rings is 1. The van der Waals surface area contributed by atoms with Gasteiger partial charge >= 0.3 is 0 Å². The van der Waals surface area contributed by atoms with E-state index in [2.05, 4.69) is 5.32 Å². The number of carbonyl (C=O) groups excluding carboxylic acids is 1. The van der Waals surface area contributed by atoms with E-state index in [9.17, 15) is 14.9 Å². The van der Waals surface area contributed by atoms with E-state index in [0.29, 0.717) is 24.6 Å². The van der Waals surface area contributed by atoms with Gasteiger partial charge in [-0.15, -0.1) is 12.4 Å². The van der Waals surface area contributed by atoms with Crippen molar-refractivity contribution in [1.29, 1.82) is 0 Å². The highest BCUT2D eigenvalue weighted by atomic mass is 35.5. The third-order valence-corrected chi connectivity index (χ3v) is 4.43. The van der Waals surface area contributed by atoms with Crippen LogP contribution in [-0.4, -0.2) is 42.4 Å². The number of anilines is 1. The molecule has 1 saturated heterocycles. The van der Waals surface area contributed by atoms with E-state index in [1.165, 1.54) is 6.07 Å². The fourth-order valence-corrected chi connectivity index (χ4v) is 3.05. The lowest BCUT2D eigenvalue weighted by atomic mass is 9.93. The van der Waals surface area contributed by atoms with Gasteiger partial charge in [0.1, 0.15) is 5.69 Å². The molecule has 0 aliphatic carbocycles. The summed E-state index contributed by atoms with van der Waals surface area (Å²) in [5.74, 6) is 0.414. The average molecular weight is 357 g/mol. The van der Waals surface area contributed by atoms with E-state index in [4.69, 9.17) is 5.73 Å². The Morgan fingerprint density at radius 1 is 1.42 bits per heavy atom. The number of nitrogen functional groups attached to an aromatic ring is 1. The van der Waals surface area contributed by atoms with Gasteiger partial charge in [-0.3, -0.25) is 14.9 Å². The third-order valence-electron chi connectivity index (χ3n) is 4.43. The first-order valence-corrected chi connectivity index (χ1v) is 7.92. The Hall–Kier alpha value is -1.86. The van der Waals surface area contributed by atoms with Crippen molar-refractivity contribution in [3.63, 3.8) is 0 Å². The van der Waals surface area contributed by atoms with Crippen LogP contribution in [0.15, 0.2) is 12.1 Å². The Labute approximate surface area is 148 Å². The zero-order valence-corrected chi connectivity index (χ0v) is 14.9. The van der Waals surface area contributed by atoms with Crippen LogP contribution in [0.2, 0.25) is 0 Å². The summed E-state index contributed by atoms with van der Waals surface area (Å²) in [4.78, 5) is 25.0. The van der Waals surface area contributed by atoms with Crippen LogP contribution in [-0.2, 0) is 0 Å². The summed E-state index contributed by atoms with van der Waals surface area (Å²) < 4.78 is 0. The second kappa shape index (κ2) is 8.84. The lowest BCUT2D eigenvalue weighted by molar-refractivity contribution is -0.384. The summed E-state index contributed by atoms with van der Waals surface area (Å²) in [6.45, 7) is 4.06. The summed E-state index contributed by atoms with van der Waals surface area (Å²) in [7, 11) is 1.94. The van der Waals surface area contributed by atoms with Gasteiger partial charge in [-0.1, -0.05) is 0 Å². The molecule has 1 fully saturated rings. The van der Waals surface area contributed by atoms with E-state index in [0.717, 1.165) is 25.8 Å². The van der Waals surface area contributed by atoms with Gasteiger partial charge < -0.3 is 16.0 Å². The lowest BCUT2D eigenvalue weighted by Gasteiger charge is -2.32. The molecule has 24 heavy (non-hydrogen) atoms. The van der Waals surface area contributed by atoms with Gasteiger partial charge in [0.2, 0.25) is 0 Å². The van der Waals surface area contributed by atoms with Gasteiger partial charge in [0, 0.05) is 19.2 Å². The molecule has 134 valence electrons. The lowest BCUT2D eigenvalue weighted by Crippen LogP contribution is -2.39. The molecule has 1 amide bonds. The number of likely N-dealkylation sites (tertiary alicyclic amines) is 1. The number of nitro groups is 1. The fourth-order valence-electron chi connectivity index (χ4n) is 3.05. The number of halogens is 1. The van der Waals surface area contributed by atoms with Crippen molar-refractivity contribution >= 4 is 29.7 Å². The molecule has 0 atom stereocenters. The first-order valence-electron chi connectivity index (χ1n) is 7.92. The Kier molecular flexibility index (Phi) is 7.44. The quantitative estimate of drug-likeness (QED) is 0.479. The third kappa shape index (κ3) is 4.58. The molecule has 8 heteroatoms. The Bertz CT molecular complexity index is 601. The van der Waals surface area contributed by atoms with Crippen molar-refractivity contribution in [2.75, 3.05) is 32.4 Å². The van der Waals surface area contributed by atoms with Crippen LogP contribution in [0, 0.1) is 23.0 Å². The van der Waals surface area contributed by atoms with Gasteiger partial charge in [-0.25, -0.2) is 0 Å². The molecule has 2 rings (SSSR count). The van der Waals surface area contributed by atoms with E-state index < -0.39 is 4.92 Å².